The summed E-state index contributed by atoms with van der Waals surface area (Å²) in [6.07, 6.45) is 10.2. The highest BCUT2D eigenvalue weighted by atomic mass is 16.1. The van der Waals surface area contributed by atoms with Crippen molar-refractivity contribution >= 4 is 17.2 Å². The molecule has 1 aliphatic carbocycles. The van der Waals surface area contributed by atoms with E-state index in [1.807, 2.05) is 48.5 Å². The van der Waals surface area contributed by atoms with Crippen LogP contribution >= 0.6 is 0 Å². The zero-order chi connectivity index (χ0) is 21.0. The number of rotatable bonds is 6. The van der Waals surface area contributed by atoms with Crippen molar-refractivity contribution in [2.24, 2.45) is 5.92 Å². The summed E-state index contributed by atoms with van der Waals surface area (Å²) < 4.78 is 1.72. The summed E-state index contributed by atoms with van der Waals surface area (Å²) in [5.74, 6) is 1.43. The minimum atomic E-state index is 0.0742. The van der Waals surface area contributed by atoms with E-state index >= 15 is 0 Å². The molecule has 1 N–H and O–H groups in total. The molecule has 7 nitrogen and oxygen atoms in total. The molecule has 1 aliphatic rings. The average Bonchev–Trinajstić information content (AvgIpc) is 3.48. The Hall–Kier alpha value is -3.61. The highest BCUT2D eigenvalue weighted by Crippen LogP contribution is 2.29. The molecule has 0 radical (unpaired) electrons. The minimum Gasteiger partial charge on any atom is -0.326 e. The summed E-state index contributed by atoms with van der Waals surface area (Å²) in [4.78, 5) is 16.6. The van der Waals surface area contributed by atoms with Crippen LogP contribution in [0.1, 0.15) is 38.5 Å². The average molecular weight is 412 g/mol. The fourth-order valence-corrected chi connectivity index (χ4v) is 4.23. The largest absolute Gasteiger partial charge is 0.326 e. The lowest BCUT2D eigenvalue weighted by Crippen LogP contribution is -2.12. The molecule has 1 amide bonds. The molecule has 0 saturated heterocycles. The topological polar surface area (TPSA) is 85.1 Å². The Labute approximate surface area is 180 Å². The number of hydrogen-bond donors (Lipinski definition) is 1. The first-order chi connectivity index (χ1) is 15.3. The third-order valence-corrected chi connectivity index (χ3v) is 5.88. The number of amides is 1. The second-order valence-corrected chi connectivity index (χ2v) is 8.07. The van der Waals surface area contributed by atoms with Crippen LogP contribution in [0.15, 0.2) is 60.9 Å². The minimum absolute atomic E-state index is 0.0742. The molecule has 7 heteroatoms. The fourth-order valence-electron chi connectivity index (χ4n) is 4.23. The molecule has 5 rings (SSSR count). The van der Waals surface area contributed by atoms with Gasteiger partial charge in [-0.3, -0.25) is 9.78 Å². The number of fused-ring (bicyclic) bond motifs is 1. The number of nitrogens with one attached hydrogen (secondary N) is 1. The molecule has 0 aliphatic heterocycles. The van der Waals surface area contributed by atoms with Crippen LogP contribution in [0.25, 0.3) is 28.3 Å². The Morgan fingerprint density at radius 1 is 1.03 bits per heavy atom. The summed E-state index contributed by atoms with van der Waals surface area (Å²) in [5, 5.41) is 16.3. The first-order valence-electron chi connectivity index (χ1n) is 10.8. The van der Waals surface area contributed by atoms with Gasteiger partial charge in [-0.25, -0.2) is 0 Å². The van der Waals surface area contributed by atoms with Crippen molar-refractivity contribution in [3.63, 3.8) is 0 Å². The maximum atomic E-state index is 12.4. The summed E-state index contributed by atoms with van der Waals surface area (Å²) in [7, 11) is 0. The van der Waals surface area contributed by atoms with Crippen molar-refractivity contribution in [1.82, 2.24) is 24.8 Å². The number of anilines is 1. The number of aromatic nitrogens is 5. The van der Waals surface area contributed by atoms with Crippen LogP contribution in [-0.2, 0) is 4.79 Å². The van der Waals surface area contributed by atoms with Gasteiger partial charge in [0.2, 0.25) is 5.91 Å². The number of nitrogens with zero attached hydrogens (tertiary/aromatic N) is 5. The SMILES string of the molecule is O=C(CCC1CCCC1)Nc1cccc(-c2ccc3nnc(-c4cccnc4)n3n2)c1. The smallest absolute Gasteiger partial charge is 0.224 e. The molecule has 31 heavy (non-hydrogen) atoms. The van der Waals surface area contributed by atoms with E-state index in [9.17, 15) is 4.79 Å². The predicted molar refractivity (Wildman–Crippen MR) is 119 cm³/mol. The van der Waals surface area contributed by atoms with Gasteiger partial charge in [-0.05, 0) is 48.7 Å². The van der Waals surface area contributed by atoms with Crippen molar-refractivity contribution in [1.29, 1.82) is 0 Å². The second-order valence-electron chi connectivity index (χ2n) is 8.07. The van der Waals surface area contributed by atoms with Crippen LogP contribution in [0.5, 0.6) is 0 Å². The Balaban J connectivity index is 1.36. The Morgan fingerprint density at radius 3 is 2.74 bits per heavy atom. The molecular weight excluding hydrogens is 388 g/mol. The highest BCUT2D eigenvalue weighted by Gasteiger charge is 2.16. The van der Waals surface area contributed by atoms with E-state index in [0.29, 0.717) is 23.8 Å². The number of carbonyl (C=O) groups is 1. The molecule has 0 spiro atoms. The highest BCUT2D eigenvalue weighted by molar-refractivity contribution is 5.91. The van der Waals surface area contributed by atoms with Gasteiger partial charge in [-0.2, -0.15) is 9.61 Å². The van der Waals surface area contributed by atoms with Crippen LogP contribution in [0, 0.1) is 5.92 Å². The standard InChI is InChI=1S/C24H24N6O/c31-23(13-10-17-5-1-2-6-17)26-20-9-3-7-18(15-20)21-11-12-22-27-28-24(30(22)29-21)19-8-4-14-25-16-19/h3-4,7-9,11-12,14-17H,1-2,5-6,10,13H2,(H,26,31). The molecule has 3 heterocycles. The van der Waals surface area contributed by atoms with E-state index in [1.165, 1.54) is 25.7 Å². The molecule has 3 aromatic heterocycles. The van der Waals surface area contributed by atoms with Gasteiger partial charge in [-0.1, -0.05) is 37.8 Å². The summed E-state index contributed by atoms with van der Waals surface area (Å²) in [6.45, 7) is 0. The van der Waals surface area contributed by atoms with Crippen molar-refractivity contribution in [2.75, 3.05) is 5.32 Å². The van der Waals surface area contributed by atoms with Crippen LogP contribution in [0.3, 0.4) is 0 Å². The zero-order valence-electron chi connectivity index (χ0n) is 17.2. The molecule has 4 aromatic rings. The fraction of sp³-hybridized carbons (Fsp3) is 0.292. The zero-order valence-corrected chi connectivity index (χ0v) is 17.2. The maximum absolute atomic E-state index is 12.4. The van der Waals surface area contributed by atoms with Crippen LogP contribution in [-0.4, -0.2) is 30.7 Å². The van der Waals surface area contributed by atoms with Gasteiger partial charge >= 0.3 is 0 Å². The first-order valence-corrected chi connectivity index (χ1v) is 10.8. The molecular formula is C24H24N6O. The first kappa shape index (κ1) is 19.4. The van der Waals surface area contributed by atoms with Gasteiger partial charge < -0.3 is 5.32 Å². The van der Waals surface area contributed by atoms with E-state index in [1.54, 1.807) is 16.9 Å². The van der Waals surface area contributed by atoms with E-state index in [-0.39, 0.29) is 5.91 Å². The van der Waals surface area contributed by atoms with Gasteiger partial charge in [0, 0.05) is 35.6 Å². The molecule has 0 unspecified atom stereocenters. The monoisotopic (exact) mass is 412 g/mol. The quantitative estimate of drug-likeness (QED) is 0.493. The number of benzene rings is 1. The van der Waals surface area contributed by atoms with Gasteiger partial charge in [0.05, 0.1) is 5.69 Å². The van der Waals surface area contributed by atoms with Gasteiger partial charge in [-0.15, -0.1) is 10.2 Å². The molecule has 156 valence electrons. The van der Waals surface area contributed by atoms with Crippen molar-refractivity contribution in [3.8, 4) is 22.6 Å². The third-order valence-electron chi connectivity index (χ3n) is 5.88. The molecule has 1 fully saturated rings. The van der Waals surface area contributed by atoms with E-state index in [0.717, 1.165) is 28.9 Å². The molecule has 1 saturated carbocycles. The van der Waals surface area contributed by atoms with Gasteiger partial charge in [0.25, 0.3) is 0 Å². The second kappa shape index (κ2) is 8.63. The van der Waals surface area contributed by atoms with Gasteiger partial charge in [0.1, 0.15) is 0 Å². The normalized spacial score (nSPS) is 14.2. The Morgan fingerprint density at radius 2 is 1.90 bits per heavy atom. The van der Waals surface area contributed by atoms with Crippen LogP contribution in [0.2, 0.25) is 0 Å². The van der Waals surface area contributed by atoms with E-state index in [4.69, 9.17) is 5.10 Å². The van der Waals surface area contributed by atoms with E-state index in [2.05, 4.69) is 20.5 Å². The maximum Gasteiger partial charge on any atom is 0.224 e. The molecule has 0 atom stereocenters. The molecule has 0 bridgehead atoms. The third kappa shape index (κ3) is 4.30. The van der Waals surface area contributed by atoms with E-state index < -0.39 is 0 Å². The Kier molecular flexibility index (Phi) is 5.39. The summed E-state index contributed by atoms with van der Waals surface area (Å²) in [6, 6.07) is 15.4. The predicted octanol–water partition coefficient (Wildman–Crippen LogP) is 4.76. The Bertz CT molecular complexity index is 1200. The lowest BCUT2D eigenvalue weighted by atomic mass is 10.0. The van der Waals surface area contributed by atoms with Crippen molar-refractivity contribution in [2.45, 2.75) is 38.5 Å². The van der Waals surface area contributed by atoms with Crippen molar-refractivity contribution in [3.05, 3.63) is 60.9 Å². The van der Waals surface area contributed by atoms with Crippen molar-refractivity contribution < 1.29 is 4.79 Å². The van der Waals surface area contributed by atoms with Crippen LogP contribution in [0.4, 0.5) is 5.69 Å². The lowest BCUT2D eigenvalue weighted by Gasteiger charge is -2.10. The number of hydrogen-bond acceptors (Lipinski definition) is 5. The lowest BCUT2D eigenvalue weighted by molar-refractivity contribution is -0.116. The van der Waals surface area contributed by atoms with Crippen LogP contribution < -0.4 is 5.32 Å². The number of carbonyl (C=O) groups excluding carboxylic acids is 1. The molecule has 1 aromatic carbocycles. The number of pyridine rings is 1. The summed E-state index contributed by atoms with van der Waals surface area (Å²) in [5.41, 5.74) is 4.00. The summed E-state index contributed by atoms with van der Waals surface area (Å²) >= 11 is 0. The van der Waals surface area contributed by atoms with Gasteiger partial charge in [0.15, 0.2) is 11.5 Å².